The minimum absolute atomic E-state index is 0.181. The highest BCUT2D eigenvalue weighted by molar-refractivity contribution is 6.32. The summed E-state index contributed by atoms with van der Waals surface area (Å²) in [6, 6.07) is 5.42. The minimum Gasteiger partial charge on any atom is -0.506 e. The van der Waals surface area contributed by atoms with Crippen molar-refractivity contribution in [3.8, 4) is 5.75 Å². The van der Waals surface area contributed by atoms with Gasteiger partial charge in [0.15, 0.2) is 0 Å². The van der Waals surface area contributed by atoms with Crippen LogP contribution < -0.4 is 0 Å². The lowest BCUT2D eigenvalue weighted by molar-refractivity contribution is 0.147. The van der Waals surface area contributed by atoms with Crippen molar-refractivity contribution < 1.29 is 9.84 Å². The fourth-order valence-electron chi connectivity index (χ4n) is 1.50. The van der Waals surface area contributed by atoms with Gasteiger partial charge in [0.05, 0.1) is 11.6 Å². The molecular formula is C12H18ClNO2. The number of hydrogen-bond donors (Lipinski definition) is 1. The Kier molecular flexibility index (Phi) is 5.60. The van der Waals surface area contributed by atoms with Crippen LogP contribution in [0, 0.1) is 0 Å². The Morgan fingerprint density at radius 3 is 2.81 bits per heavy atom. The molecule has 1 aromatic rings. The molecular weight excluding hydrogens is 226 g/mol. The quantitative estimate of drug-likeness (QED) is 0.834. The van der Waals surface area contributed by atoms with Crippen molar-refractivity contribution in [1.29, 1.82) is 0 Å². The van der Waals surface area contributed by atoms with Gasteiger partial charge in [-0.3, -0.25) is 4.90 Å². The molecule has 1 aromatic carbocycles. The maximum absolute atomic E-state index is 9.78. The molecule has 0 spiro atoms. The van der Waals surface area contributed by atoms with Gasteiger partial charge in [-0.1, -0.05) is 30.7 Å². The van der Waals surface area contributed by atoms with Gasteiger partial charge in [-0.25, -0.2) is 0 Å². The van der Waals surface area contributed by atoms with Crippen LogP contribution in [0.5, 0.6) is 5.75 Å². The third kappa shape index (κ3) is 3.67. The van der Waals surface area contributed by atoms with E-state index in [1.54, 1.807) is 13.2 Å². The first-order chi connectivity index (χ1) is 7.69. The summed E-state index contributed by atoms with van der Waals surface area (Å²) < 4.78 is 5.04. The second-order valence-electron chi connectivity index (χ2n) is 3.61. The third-order valence-electron chi connectivity index (χ3n) is 2.52. The SMILES string of the molecule is CCN(CCOC)Cc1cccc(Cl)c1O. The van der Waals surface area contributed by atoms with Crippen LogP contribution in [0.2, 0.25) is 5.02 Å². The van der Waals surface area contributed by atoms with Gasteiger partial charge in [0, 0.05) is 25.8 Å². The fourth-order valence-corrected chi connectivity index (χ4v) is 1.69. The van der Waals surface area contributed by atoms with E-state index in [1.165, 1.54) is 0 Å². The molecule has 0 unspecified atom stereocenters. The number of benzene rings is 1. The predicted octanol–water partition coefficient (Wildman–Crippen LogP) is 2.51. The number of hydrogen-bond acceptors (Lipinski definition) is 3. The summed E-state index contributed by atoms with van der Waals surface area (Å²) in [6.07, 6.45) is 0. The van der Waals surface area contributed by atoms with Gasteiger partial charge < -0.3 is 9.84 Å². The molecule has 0 radical (unpaired) electrons. The van der Waals surface area contributed by atoms with Crippen molar-refractivity contribution in [3.63, 3.8) is 0 Å². The summed E-state index contributed by atoms with van der Waals surface area (Å²) in [6.45, 7) is 5.22. The molecule has 0 bridgehead atoms. The van der Waals surface area contributed by atoms with Gasteiger partial charge in [-0.15, -0.1) is 0 Å². The number of para-hydroxylation sites is 1. The van der Waals surface area contributed by atoms with Gasteiger partial charge in [0.2, 0.25) is 0 Å². The number of rotatable bonds is 6. The van der Waals surface area contributed by atoms with Crippen LogP contribution in [0.15, 0.2) is 18.2 Å². The summed E-state index contributed by atoms with van der Waals surface area (Å²) in [5, 5.41) is 10.2. The first kappa shape index (κ1) is 13.3. The van der Waals surface area contributed by atoms with Crippen molar-refractivity contribution in [1.82, 2.24) is 4.90 Å². The fraction of sp³-hybridized carbons (Fsp3) is 0.500. The Hall–Kier alpha value is -0.770. The highest BCUT2D eigenvalue weighted by Gasteiger charge is 2.09. The minimum atomic E-state index is 0.181. The molecule has 0 aromatic heterocycles. The second-order valence-corrected chi connectivity index (χ2v) is 4.02. The molecule has 0 saturated heterocycles. The average Bonchev–Trinajstić information content (AvgIpc) is 2.30. The number of aromatic hydroxyl groups is 1. The molecule has 0 aliphatic heterocycles. The number of methoxy groups -OCH3 is 1. The van der Waals surface area contributed by atoms with Crippen molar-refractivity contribution in [2.75, 3.05) is 26.8 Å². The normalized spacial score (nSPS) is 11.0. The van der Waals surface area contributed by atoms with Gasteiger partial charge >= 0.3 is 0 Å². The predicted molar refractivity (Wildman–Crippen MR) is 65.9 cm³/mol. The van der Waals surface area contributed by atoms with E-state index in [-0.39, 0.29) is 5.75 Å². The van der Waals surface area contributed by atoms with Crippen LogP contribution in [0.1, 0.15) is 12.5 Å². The van der Waals surface area contributed by atoms with Crippen LogP contribution in [0.3, 0.4) is 0 Å². The maximum Gasteiger partial charge on any atom is 0.138 e. The smallest absolute Gasteiger partial charge is 0.138 e. The van der Waals surface area contributed by atoms with Gasteiger partial charge in [-0.2, -0.15) is 0 Å². The molecule has 90 valence electrons. The van der Waals surface area contributed by atoms with Crippen molar-refractivity contribution in [3.05, 3.63) is 28.8 Å². The number of ether oxygens (including phenoxy) is 1. The van der Waals surface area contributed by atoms with Gasteiger partial charge in [-0.05, 0) is 12.6 Å². The lowest BCUT2D eigenvalue weighted by Gasteiger charge is -2.20. The van der Waals surface area contributed by atoms with E-state index in [9.17, 15) is 5.11 Å². The van der Waals surface area contributed by atoms with Crippen LogP contribution >= 0.6 is 11.6 Å². The van der Waals surface area contributed by atoms with Gasteiger partial charge in [0.25, 0.3) is 0 Å². The van der Waals surface area contributed by atoms with Crippen LogP contribution in [0.4, 0.5) is 0 Å². The number of halogens is 1. The van der Waals surface area contributed by atoms with E-state index >= 15 is 0 Å². The Morgan fingerprint density at radius 1 is 1.44 bits per heavy atom. The van der Waals surface area contributed by atoms with E-state index in [4.69, 9.17) is 16.3 Å². The summed E-state index contributed by atoms with van der Waals surface area (Å²) in [7, 11) is 1.69. The molecule has 0 aliphatic carbocycles. The molecule has 1 rings (SSSR count). The Labute approximate surface area is 102 Å². The van der Waals surface area contributed by atoms with Crippen LogP contribution in [0.25, 0.3) is 0 Å². The topological polar surface area (TPSA) is 32.7 Å². The van der Waals surface area contributed by atoms with Crippen LogP contribution in [-0.4, -0.2) is 36.8 Å². The third-order valence-corrected chi connectivity index (χ3v) is 2.83. The van der Waals surface area contributed by atoms with Crippen molar-refractivity contribution >= 4 is 11.6 Å². The highest BCUT2D eigenvalue weighted by Crippen LogP contribution is 2.27. The summed E-state index contributed by atoms with van der Waals surface area (Å²) in [5.41, 5.74) is 0.852. The van der Waals surface area contributed by atoms with Crippen molar-refractivity contribution in [2.24, 2.45) is 0 Å². The monoisotopic (exact) mass is 243 g/mol. The highest BCUT2D eigenvalue weighted by atomic mass is 35.5. The molecule has 16 heavy (non-hydrogen) atoms. The lowest BCUT2D eigenvalue weighted by Crippen LogP contribution is -2.26. The Bertz CT molecular complexity index is 331. The van der Waals surface area contributed by atoms with Crippen molar-refractivity contribution in [2.45, 2.75) is 13.5 Å². The molecule has 0 fully saturated rings. The average molecular weight is 244 g/mol. The van der Waals surface area contributed by atoms with E-state index in [0.29, 0.717) is 18.2 Å². The van der Waals surface area contributed by atoms with Crippen LogP contribution in [-0.2, 0) is 11.3 Å². The van der Waals surface area contributed by atoms with E-state index < -0.39 is 0 Å². The molecule has 3 nitrogen and oxygen atoms in total. The standard InChI is InChI=1S/C12H18ClNO2/c1-3-14(7-8-16-2)9-10-5-4-6-11(13)12(10)15/h4-6,15H,3,7-9H2,1-2H3. The number of phenolic OH excluding ortho intramolecular Hbond substituents is 1. The first-order valence-corrected chi connectivity index (χ1v) is 5.74. The lowest BCUT2D eigenvalue weighted by atomic mass is 10.2. The summed E-state index contributed by atoms with van der Waals surface area (Å²) >= 11 is 5.85. The van der Waals surface area contributed by atoms with Gasteiger partial charge in [0.1, 0.15) is 5.75 Å². The molecule has 1 N–H and O–H groups in total. The largest absolute Gasteiger partial charge is 0.506 e. The first-order valence-electron chi connectivity index (χ1n) is 5.36. The zero-order valence-corrected chi connectivity index (χ0v) is 10.5. The molecule has 4 heteroatoms. The maximum atomic E-state index is 9.78. The second kappa shape index (κ2) is 6.74. The summed E-state index contributed by atoms with van der Waals surface area (Å²) in [4.78, 5) is 2.19. The number of likely N-dealkylation sites (N-methyl/N-ethyl adjacent to an activating group) is 1. The summed E-state index contributed by atoms with van der Waals surface area (Å²) in [5.74, 6) is 0.181. The molecule has 0 saturated carbocycles. The number of nitrogens with zero attached hydrogens (tertiary/aromatic N) is 1. The van der Waals surface area contributed by atoms with E-state index in [2.05, 4.69) is 11.8 Å². The molecule has 0 heterocycles. The zero-order valence-electron chi connectivity index (χ0n) is 9.74. The zero-order chi connectivity index (χ0) is 12.0. The molecule has 0 amide bonds. The Morgan fingerprint density at radius 2 is 2.19 bits per heavy atom. The molecule has 0 atom stereocenters. The number of phenols is 1. The van der Waals surface area contributed by atoms with E-state index in [1.807, 2.05) is 12.1 Å². The molecule has 0 aliphatic rings. The Balaban J connectivity index is 2.66. The van der Waals surface area contributed by atoms with E-state index in [0.717, 1.165) is 18.7 Å².